The van der Waals surface area contributed by atoms with Gasteiger partial charge in [-0.1, -0.05) is 18.2 Å². The predicted octanol–water partition coefficient (Wildman–Crippen LogP) is -0.307. The molecule has 1 aromatic carbocycles. The number of carboxylic acid groups (broad SMARTS) is 1. The molecule has 0 aromatic heterocycles. The van der Waals surface area contributed by atoms with Crippen LogP contribution in [0.25, 0.3) is 0 Å². The Kier molecular flexibility index (Phi) is 6.52. The number of hydrogen-bond donors (Lipinski definition) is 4. The summed E-state index contributed by atoms with van der Waals surface area (Å²) < 4.78 is 5.34. The zero-order valence-electron chi connectivity index (χ0n) is 11.2. The number of para-hydroxylation sites is 1. The molecule has 8 nitrogen and oxygen atoms in total. The zero-order valence-corrected chi connectivity index (χ0v) is 11.2. The van der Waals surface area contributed by atoms with Crippen molar-refractivity contribution < 1.29 is 24.2 Å². The summed E-state index contributed by atoms with van der Waals surface area (Å²) in [5.74, 6) is -1.48. The molecule has 5 N–H and O–H groups in total. The highest BCUT2D eigenvalue weighted by Gasteiger charge is 2.21. The summed E-state index contributed by atoms with van der Waals surface area (Å²) in [6, 6.07) is 6.97. The Bertz CT molecular complexity index is 492. The van der Waals surface area contributed by atoms with Crippen molar-refractivity contribution >= 4 is 17.9 Å². The van der Waals surface area contributed by atoms with Gasteiger partial charge >= 0.3 is 12.0 Å². The lowest BCUT2D eigenvalue weighted by Gasteiger charge is -2.13. The third-order valence-electron chi connectivity index (χ3n) is 2.41. The first-order valence-electron chi connectivity index (χ1n) is 6.22. The Morgan fingerprint density at radius 1 is 1.24 bits per heavy atom. The van der Waals surface area contributed by atoms with Gasteiger partial charge in [-0.05, 0) is 12.1 Å². The lowest BCUT2D eigenvalue weighted by atomic mass is 10.2. The summed E-state index contributed by atoms with van der Waals surface area (Å²) in [6.45, 7) is 0.411. The molecule has 0 aliphatic heterocycles. The number of urea groups is 1. The van der Waals surface area contributed by atoms with E-state index in [1.165, 1.54) is 0 Å². The van der Waals surface area contributed by atoms with Gasteiger partial charge in [0.05, 0.1) is 13.0 Å². The Hall–Kier alpha value is -2.77. The van der Waals surface area contributed by atoms with Gasteiger partial charge in [-0.2, -0.15) is 0 Å². The lowest BCUT2D eigenvalue weighted by Crippen LogP contribution is -2.48. The minimum atomic E-state index is -1.35. The van der Waals surface area contributed by atoms with E-state index in [2.05, 4.69) is 10.6 Å². The Labute approximate surface area is 121 Å². The van der Waals surface area contributed by atoms with Crippen LogP contribution in [0.4, 0.5) is 4.79 Å². The second-order valence-corrected chi connectivity index (χ2v) is 4.12. The molecule has 1 aromatic rings. The molecule has 0 spiro atoms. The van der Waals surface area contributed by atoms with E-state index in [1.54, 1.807) is 12.1 Å². The number of carbonyl (C=O) groups excluding carboxylic acids is 2. The van der Waals surface area contributed by atoms with Crippen LogP contribution in [0.5, 0.6) is 5.75 Å². The van der Waals surface area contributed by atoms with Gasteiger partial charge < -0.3 is 26.2 Å². The fourth-order valence-corrected chi connectivity index (χ4v) is 1.46. The molecule has 3 amide bonds. The average Bonchev–Trinajstić information content (AvgIpc) is 2.43. The van der Waals surface area contributed by atoms with E-state index in [0.717, 1.165) is 0 Å². The molecule has 0 fully saturated rings. The largest absolute Gasteiger partial charge is 0.492 e. The first-order valence-corrected chi connectivity index (χ1v) is 6.22. The number of ether oxygens (including phenoxy) is 1. The monoisotopic (exact) mass is 295 g/mol. The average molecular weight is 295 g/mol. The van der Waals surface area contributed by atoms with E-state index < -0.39 is 30.4 Å². The number of primary amides is 1. The van der Waals surface area contributed by atoms with Gasteiger partial charge in [0.1, 0.15) is 18.4 Å². The van der Waals surface area contributed by atoms with Crippen molar-refractivity contribution in [3.05, 3.63) is 30.3 Å². The van der Waals surface area contributed by atoms with Crippen LogP contribution in [0, 0.1) is 0 Å². The maximum absolute atomic E-state index is 11.5. The topological polar surface area (TPSA) is 131 Å². The van der Waals surface area contributed by atoms with Crippen molar-refractivity contribution in [1.29, 1.82) is 0 Å². The molecule has 8 heteroatoms. The molecular formula is C13H17N3O5. The number of nitrogens with two attached hydrogens (primary N) is 1. The van der Waals surface area contributed by atoms with Gasteiger partial charge in [0.2, 0.25) is 5.91 Å². The standard InChI is InChI=1S/C13H17N3O5/c14-11(17)8-10(12(18)19)16-13(20)15-6-7-21-9-4-2-1-3-5-9/h1-5,10H,6-8H2,(H2,14,17)(H,18,19)(H2,15,16,20)/t10-/m0/s1. The zero-order chi connectivity index (χ0) is 15.7. The van der Waals surface area contributed by atoms with Crippen LogP contribution >= 0.6 is 0 Å². The van der Waals surface area contributed by atoms with Crippen LogP contribution in [0.3, 0.4) is 0 Å². The van der Waals surface area contributed by atoms with Crippen molar-refractivity contribution in [2.75, 3.05) is 13.2 Å². The molecule has 0 heterocycles. The van der Waals surface area contributed by atoms with E-state index >= 15 is 0 Å². The third-order valence-corrected chi connectivity index (χ3v) is 2.41. The van der Waals surface area contributed by atoms with E-state index in [0.29, 0.717) is 5.75 Å². The number of aliphatic carboxylic acids is 1. The highest BCUT2D eigenvalue weighted by atomic mass is 16.5. The number of nitrogens with one attached hydrogen (secondary N) is 2. The highest BCUT2D eigenvalue weighted by Crippen LogP contribution is 2.07. The second kappa shape index (κ2) is 8.41. The Morgan fingerprint density at radius 3 is 2.48 bits per heavy atom. The van der Waals surface area contributed by atoms with E-state index in [-0.39, 0.29) is 13.2 Å². The summed E-state index contributed by atoms with van der Waals surface area (Å²) in [6.07, 6.45) is -0.469. The highest BCUT2D eigenvalue weighted by molar-refractivity contribution is 5.87. The van der Waals surface area contributed by atoms with Gasteiger partial charge in [0, 0.05) is 0 Å². The first kappa shape index (κ1) is 16.3. The maximum Gasteiger partial charge on any atom is 0.326 e. The molecule has 0 unspecified atom stereocenters. The minimum Gasteiger partial charge on any atom is -0.492 e. The number of amides is 3. The molecular weight excluding hydrogens is 278 g/mol. The van der Waals surface area contributed by atoms with Crippen LogP contribution in [0.1, 0.15) is 6.42 Å². The van der Waals surface area contributed by atoms with E-state index in [1.807, 2.05) is 18.2 Å². The molecule has 21 heavy (non-hydrogen) atoms. The predicted molar refractivity (Wildman–Crippen MR) is 73.7 cm³/mol. The summed E-state index contributed by atoms with van der Waals surface area (Å²) in [5, 5.41) is 13.4. The molecule has 0 saturated heterocycles. The second-order valence-electron chi connectivity index (χ2n) is 4.12. The Balaban J connectivity index is 2.26. The van der Waals surface area contributed by atoms with Crippen LogP contribution in [-0.2, 0) is 9.59 Å². The number of rotatable bonds is 8. The summed E-state index contributed by atoms with van der Waals surface area (Å²) >= 11 is 0. The molecule has 0 saturated carbocycles. The molecule has 0 bridgehead atoms. The SMILES string of the molecule is NC(=O)C[C@H](NC(=O)NCCOc1ccccc1)C(=O)O. The molecule has 0 aliphatic carbocycles. The van der Waals surface area contributed by atoms with E-state index in [9.17, 15) is 14.4 Å². The molecule has 1 rings (SSSR count). The summed E-state index contributed by atoms with van der Waals surface area (Å²) in [4.78, 5) is 32.9. The van der Waals surface area contributed by atoms with Crippen LogP contribution in [0.2, 0.25) is 0 Å². The van der Waals surface area contributed by atoms with Crippen LogP contribution in [-0.4, -0.2) is 42.2 Å². The van der Waals surface area contributed by atoms with Gasteiger partial charge in [0.15, 0.2) is 0 Å². The molecule has 0 aliphatic rings. The quantitative estimate of drug-likeness (QED) is 0.489. The number of carbonyl (C=O) groups is 3. The Morgan fingerprint density at radius 2 is 1.90 bits per heavy atom. The third kappa shape index (κ3) is 6.81. The van der Waals surface area contributed by atoms with Gasteiger partial charge in [-0.25, -0.2) is 9.59 Å². The molecule has 114 valence electrons. The van der Waals surface area contributed by atoms with Crippen LogP contribution in [0.15, 0.2) is 30.3 Å². The fourth-order valence-electron chi connectivity index (χ4n) is 1.46. The summed E-state index contributed by atoms with van der Waals surface area (Å²) in [7, 11) is 0. The smallest absolute Gasteiger partial charge is 0.326 e. The summed E-state index contributed by atoms with van der Waals surface area (Å²) in [5.41, 5.74) is 4.90. The maximum atomic E-state index is 11.5. The van der Waals surface area contributed by atoms with E-state index in [4.69, 9.17) is 15.6 Å². The van der Waals surface area contributed by atoms with Crippen molar-refractivity contribution in [2.45, 2.75) is 12.5 Å². The molecule has 1 atom stereocenters. The van der Waals surface area contributed by atoms with Crippen molar-refractivity contribution in [3.8, 4) is 5.75 Å². The van der Waals surface area contributed by atoms with Crippen LogP contribution < -0.4 is 21.1 Å². The number of benzene rings is 1. The number of hydrogen-bond acceptors (Lipinski definition) is 4. The lowest BCUT2D eigenvalue weighted by molar-refractivity contribution is -0.140. The molecule has 0 radical (unpaired) electrons. The van der Waals surface area contributed by atoms with Gasteiger partial charge in [-0.15, -0.1) is 0 Å². The fraction of sp³-hybridized carbons (Fsp3) is 0.308. The normalized spacial score (nSPS) is 11.2. The van der Waals surface area contributed by atoms with Crippen molar-refractivity contribution in [2.24, 2.45) is 5.73 Å². The van der Waals surface area contributed by atoms with Gasteiger partial charge in [0.25, 0.3) is 0 Å². The number of carboxylic acids is 1. The minimum absolute atomic E-state index is 0.184. The van der Waals surface area contributed by atoms with Gasteiger partial charge in [-0.3, -0.25) is 4.79 Å². The van der Waals surface area contributed by atoms with Crippen molar-refractivity contribution in [3.63, 3.8) is 0 Å². The first-order chi connectivity index (χ1) is 9.99. The van der Waals surface area contributed by atoms with Crippen molar-refractivity contribution in [1.82, 2.24) is 10.6 Å².